The number of phenolic OH excluding ortho intramolecular Hbond substituents is 1. The Bertz CT molecular complexity index is 1830. The van der Waals surface area contributed by atoms with Crippen molar-refractivity contribution in [2.45, 2.75) is 50.7 Å². The second kappa shape index (κ2) is 15.5. The third kappa shape index (κ3) is 7.71. The molecule has 2 N–H and O–H groups in total. The molecule has 3 aromatic rings. The van der Waals surface area contributed by atoms with Gasteiger partial charge < -0.3 is 30.0 Å². The molecule has 7 rings (SSSR count). The summed E-state index contributed by atoms with van der Waals surface area (Å²) in [7, 11) is 2.17. The quantitative estimate of drug-likeness (QED) is 0.304. The summed E-state index contributed by atoms with van der Waals surface area (Å²) < 4.78 is 15.2. The SMILES string of the molecule is C=CCN1CC(=O)N2[C@@H](Cc3ccc(O)cc3F)C(=O)N(Cc3cccc(N4CC(N5CCN(C)[C@@H](C)C5)C4)n3)C[C@@H]2N1C(=O)NCc1ccccc1. The zero-order valence-corrected chi connectivity index (χ0v) is 30.4. The van der Waals surface area contributed by atoms with Crippen molar-refractivity contribution >= 4 is 23.7 Å². The first-order chi connectivity index (χ1) is 25.6. The van der Waals surface area contributed by atoms with Crippen LogP contribution in [-0.2, 0) is 29.1 Å². The minimum Gasteiger partial charge on any atom is -0.508 e. The van der Waals surface area contributed by atoms with Crippen LogP contribution in [0, 0.1) is 5.82 Å². The van der Waals surface area contributed by atoms with Crippen LogP contribution in [0.4, 0.5) is 15.0 Å². The number of aromatic nitrogens is 1. The molecule has 0 saturated carbocycles. The van der Waals surface area contributed by atoms with E-state index in [-0.39, 0.29) is 62.3 Å². The highest BCUT2D eigenvalue weighted by Gasteiger charge is 2.51. The number of anilines is 1. The number of carbonyl (C=O) groups is 3. The third-order valence-corrected chi connectivity index (χ3v) is 11.0. The van der Waals surface area contributed by atoms with Crippen molar-refractivity contribution in [2.75, 3.05) is 64.3 Å². The molecule has 4 aliphatic rings. The van der Waals surface area contributed by atoms with E-state index < -0.39 is 24.1 Å². The van der Waals surface area contributed by atoms with Gasteiger partial charge in [-0.25, -0.2) is 24.2 Å². The summed E-state index contributed by atoms with van der Waals surface area (Å²) in [5.41, 5.74) is 1.74. The number of rotatable bonds is 10. The Kier molecular flexibility index (Phi) is 10.6. The van der Waals surface area contributed by atoms with Gasteiger partial charge in [0.2, 0.25) is 11.8 Å². The zero-order valence-electron chi connectivity index (χ0n) is 30.4. The van der Waals surface area contributed by atoms with Crippen LogP contribution < -0.4 is 10.2 Å². The van der Waals surface area contributed by atoms with Crippen molar-refractivity contribution in [3.8, 4) is 5.75 Å². The van der Waals surface area contributed by atoms with E-state index in [1.165, 1.54) is 22.0 Å². The fraction of sp³-hybridized carbons (Fsp3) is 0.436. The topological polar surface area (TPSA) is 119 Å². The predicted molar refractivity (Wildman–Crippen MR) is 198 cm³/mol. The molecule has 4 saturated heterocycles. The number of hydrogen-bond donors (Lipinski definition) is 2. The van der Waals surface area contributed by atoms with Gasteiger partial charge in [-0.1, -0.05) is 48.5 Å². The summed E-state index contributed by atoms with van der Waals surface area (Å²) in [4.78, 5) is 57.6. The number of aromatic hydroxyl groups is 1. The predicted octanol–water partition coefficient (Wildman–Crippen LogP) is 2.49. The van der Waals surface area contributed by atoms with Crippen molar-refractivity contribution in [2.24, 2.45) is 0 Å². The molecule has 2 aromatic carbocycles. The summed E-state index contributed by atoms with van der Waals surface area (Å²) in [5, 5.41) is 16.0. The van der Waals surface area contributed by atoms with Gasteiger partial charge in [0.25, 0.3) is 0 Å². The lowest BCUT2D eigenvalue weighted by molar-refractivity contribution is -0.189. The molecular weight excluding hydrogens is 677 g/mol. The van der Waals surface area contributed by atoms with E-state index >= 15 is 4.39 Å². The van der Waals surface area contributed by atoms with Gasteiger partial charge >= 0.3 is 6.03 Å². The van der Waals surface area contributed by atoms with Crippen molar-refractivity contribution < 1.29 is 23.9 Å². The van der Waals surface area contributed by atoms with Gasteiger partial charge in [0.1, 0.15) is 29.6 Å². The van der Waals surface area contributed by atoms with Gasteiger partial charge in [-0.3, -0.25) is 14.5 Å². The van der Waals surface area contributed by atoms with Crippen LogP contribution in [-0.4, -0.2) is 141 Å². The average Bonchev–Trinajstić information content (AvgIpc) is 3.11. The number of amides is 4. The number of piperazine rings is 2. The molecule has 4 aliphatic heterocycles. The number of hydrazine groups is 1. The van der Waals surface area contributed by atoms with Gasteiger partial charge in [-0.2, -0.15) is 0 Å². The first-order valence-corrected chi connectivity index (χ1v) is 18.3. The highest BCUT2D eigenvalue weighted by atomic mass is 19.1. The maximum Gasteiger partial charge on any atom is 0.334 e. The van der Waals surface area contributed by atoms with Gasteiger partial charge in [0.15, 0.2) is 0 Å². The largest absolute Gasteiger partial charge is 0.508 e. The lowest BCUT2D eigenvalue weighted by Crippen LogP contribution is -2.76. The number of carbonyl (C=O) groups excluding carboxylic acids is 3. The Labute approximate surface area is 309 Å². The summed E-state index contributed by atoms with van der Waals surface area (Å²) in [6.45, 7) is 11.5. The maximum atomic E-state index is 15.2. The third-order valence-electron chi connectivity index (χ3n) is 11.0. The molecule has 4 amide bonds. The minimum absolute atomic E-state index is 0.0187. The summed E-state index contributed by atoms with van der Waals surface area (Å²) in [6, 6.07) is 18.5. The van der Waals surface area contributed by atoms with Crippen molar-refractivity contribution in [3.05, 3.63) is 102 Å². The standard InChI is InChI=1S/C39H48FN9O4/c1-4-15-47-26-37(51)48-34(18-29-13-14-32(50)19-33(29)40)38(52)46(25-36(48)49(47)39(53)41-20-28-9-6-5-7-10-28)22-30-11-8-12-35(42-30)45-23-31(24-45)44-17-16-43(3)27(2)21-44/h4-14,19,27,31,34,36,50H,1,15-18,20-26H2,2-3H3,(H,41,53)/t27-,34-,36-/m0/s1. The van der Waals surface area contributed by atoms with Crippen molar-refractivity contribution in [1.82, 2.24) is 39.9 Å². The number of nitrogens with one attached hydrogen (secondary N) is 1. The zero-order chi connectivity index (χ0) is 37.2. The molecule has 0 spiro atoms. The molecule has 0 aliphatic carbocycles. The number of hydrogen-bond acceptors (Lipinski definition) is 9. The second-order valence-corrected chi connectivity index (χ2v) is 14.5. The summed E-state index contributed by atoms with van der Waals surface area (Å²) >= 11 is 0. The van der Waals surface area contributed by atoms with Gasteiger partial charge in [0.05, 0.1) is 25.3 Å². The first kappa shape index (κ1) is 36.3. The van der Waals surface area contributed by atoms with Crippen LogP contribution in [0.3, 0.4) is 0 Å². The van der Waals surface area contributed by atoms with E-state index in [0.29, 0.717) is 17.8 Å². The van der Waals surface area contributed by atoms with Crippen LogP contribution in [0.5, 0.6) is 5.75 Å². The lowest BCUT2D eigenvalue weighted by Gasteiger charge is -2.55. The van der Waals surface area contributed by atoms with Gasteiger partial charge in [-0.05, 0) is 43.3 Å². The highest BCUT2D eigenvalue weighted by Crippen LogP contribution is 2.31. The number of fused-ring (bicyclic) bond motifs is 1. The van der Waals surface area contributed by atoms with Crippen LogP contribution >= 0.6 is 0 Å². The number of benzene rings is 2. The first-order valence-electron chi connectivity index (χ1n) is 18.3. The van der Waals surface area contributed by atoms with E-state index in [1.54, 1.807) is 16.0 Å². The van der Waals surface area contributed by atoms with E-state index in [9.17, 15) is 19.5 Å². The van der Waals surface area contributed by atoms with E-state index in [2.05, 4.69) is 40.6 Å². The second-order valence-electron chi connectivity index (χ2n) is 14.5. The number of likely N-dealkylation sites (N-methyl/N-ethyl adjacent to an activating group) is 1. The van der Waals surface area contributed by atoms with Crippen LogP contribution in [0.1, 0.15) is 23.7 Å². The lowest BCUT2D eigenvalue weighted by atomic mass is 9.98. The Hall–Kier alpha value is -5.05. The Balaban J connectivity index is 1.14. The average molecular weight is 726 g/mol. The molecule has 1 aromatic heterocycles. The van der Waals surface area contributed by atoms with Crippen molar-refractivity contribution in [1.29, 1.82) is 0 Å². The number of phenols is 1. The summed E-state index contributed by atoms with van der Waals surface area (Å²) in [5.74, 6) is -0.821. The Morgan fingerprint density at radius 1 is 1.04 bits per heavy atom. The Morgan fingerprint density at radius 2 is 1.83 bits per heavy atom. The molecule has 0 radical (unpaired) electrons. The van der Waals surface area contributed by atoms with E-state index in [4.69, 9.17) is 4.98 Å². The van der Waals surface area contributed by atoms with Gasteiger partial charge in [-0.15, -0.1) is 6.58 Å². The highest BCUT2D eigenvalue weighted by molar-refractivity contribution is 5.91. The fourth-order valence-electron chi connectivity index (χ4n) is 7.82. The number of urea groups is 1. The fourth-order valence-corrected chi connectivity index (χ4v) is 7.82. The molecule has 4 fully saturated rings. The minimum atomic E-state index is -1.11. The van der Waals surface area contributed by atoms with Crippen LogP contribution in [0.2, 0.25) is 0 Å². The monoisotopic (exact) mass is 725 g/mol. The number of nitrogens with zero attached hydrogens (tertiary/aromatic N) is 8. The molecule has 5 heterocycles. The van der Waals surface area contributed by atoms with Gasteiger partial charge in [0, 0.05) is 70.4 Å². The summed E-state index contributed by atoms with van der Waals surface area (Å²) in [6.07, 6.45) is 0.591. The molecule has 14 heteroatoms. The molecule has 0 bridgehead atoms. The maximum absolute atomic E-state index is 15.2. The molecule has 0 unspecified atom stereocenters. The molecular formula is C39H48FN9O4. The molecule has 3 atom stereocenters. The van der Waals surface area contributed by atoms with E-state index in [0.717, 1.165) is 50.2 Å². The number of pyridine rings is 1. The normalized spacial score (nSPS) is 23.2. The molecule has 53 heavy (non-hydrogen) atoms. The number of halogens is 1. The van der Waals surface area contributed by atoms with Crippen LogP contribution in [0.25, 0.3) is 0 Å². The smallest absolute Gasteiger partial charge is 0.334 e. The molecule has 13 nitrogen and oxygen atoms in total. The van der Waals surface area contributed by atoms with Crippen molar-refractivity contribution in [3.63, 3.8) is 0 Å². The van der Waals surface area contributed by atoms with Crippen LogP contribution in [0.15, 0.2) is 79.4 Å². The Morgan fingerprint density at radius 3 is 2.57 bits per heavy atom. The van der Waals surface area contributed by atoms with E-state index in [1.807, 2.05) is 48.5 Å². The molecule has 280 valence electrons.